The van der Waals surface area contributed by atoms with Gasteiger partial charge in [-0.1, -0.05) is 50.3 Å². The van der Waals surface area contributed by atoms with Crippen molar-refractivity contribution < 1.29 is 9.53 Å². The van der Waals surface area contributed by atoms with Crippen LogP contribution in [0.2, 0.25) is 0 Å². The van der Waals surface area contributed by atoms with Crippen molar-refractivity contribution in [1.29, 1.82) is 5.26 Å². The Morgan fingerprint density at radius 3 is 2.70 bits per heavy atom. The number of carbonyl (C=O) groups is 1. The van der Waals surface area contributed by atoms with E-state index in [9.17, 15) is 10.1 Å². The van der Waals surface area contributed by atoms with Gasteiger partial charge in [-0.2, -0.15) is 5.26 Å². The highest BCUT2D eigenvalue weighted by molar-refractivity contribution is 5.89. The van der Waals surface area contributed by atoms with Crippen molar-refractivity contribution in [2.75, 3.05) is 7.11 Å². The van der Waals surface area contributed by atoms with Gasteiger partial charge in [-0.25, -0.2) is 0 Å². The molecule has 1 aromatic carbocycles. The van der Waals surface area contributed by atoms with Gasteiger partial charge in [-0.3, -0.25) is 4.79 Å². The fourth-order valence-corrected chi connectivity index (χ4v) is 3.01. The summed E-state index contributed by atoms with van der Waals surface area (Å²) in [6, 6.07) is 9.46. The van der Waals surface area contributed by atoms with Crippen molar-refractivity contribution in [1.82, 2.24) is 0 Å². The number of Topliss-reactive ketones (excluding diaryl/α,β-unsaturated/α-hetero) is 1. The van der Waals surface area contributed by atoms with Gasteiger partial charge < -0.3 is 4.74 Å². The highest BCUT2D eigenvalue weighted by Gasteiger charge is 2.26. The normalized spacial score (nSPS) is 17.2. The molecule has 1 fully saturated rings. The molecule has 1 aromatic rings. The highest BCUT2D eigenvalue weighted by atomic mass is 16.5. The van der Waals surface area contributed by atoms with Gasteiger partial charge in [0.2, 0.25) is 0 Å². The Hall–Kier alpha value is -1.82. The van der Waals surface area contributed by atoms with Gasteiger partial charge in [-0.05, 0) is 12.0 Å². The molecule has 1 aliphatic rings. The lowest BCUT2D eigenvalue weighted by molar-refractivity contribution is -0.120. The summed E-state index contributed by atoms with van der Waals surface area (Å²) in [5.41, 5.74) is 0.693. The number of nitrogens with zero attached hydrogens (tertiary/aromatic N) is 1. The number of para-hydroxylation sites is 1. The van der Waals surface area contributed by atoms with E-state index in [-0.39, 0.29) is 5.78 Å². The van der Waals surface area contributed by atoms with Gasteiger partial charge in [0.05, 0.1) is 13.2 Å². The topological polar surface area (TPSA) is 50.1 Å². The number of hydrogen-bond acceptors (Lipinski definition) is 3. The minimum absolute atomic E-state index is 0.0314. The SMILES string of the molecule is COc1ccccc1C(C#N)C(=O)CC1CCCCC1. The first-order valence-corrected chi connectivity index (χ1v) is 7.31. The van der Waals surface area contributed by atoms with Crippen LogP contribution in [0.1, 0.15) is 50.0 Å². The van der Waals surface area contributed by atoms with Gasteiger partial charge in [0, 0.05) is 12.0 Å². The molecule has 106 valence electrons. The van der Waals surface area contributed by atoms with E-state index < -0.39 is 5.92 Å². The molecule has 0 N–H and O–H groups in total. The van der Waals surface area contributed by atoms with Crippen LogP contribution in [0.5, 0.6) is 5.75 Å². The van der Waals surface area contributed by atoms with Crippen LogP contribution in [0.25, 0.3) is 0 Å². The smallest absolute Gasteiger partial charge is 0.154 e. The molecule has 3 heteroatoms. The van der Waals surface area contributed by atoms with Crippen LogP contribution < -0.4 is 4.74 Å². The van der Waals surface area contributed by atoms with Crippen molar-refractivity contribution in [2.45, 2.75) is 44.4 Å². The maximum atomic E-state index is 12.4. The first-order chi connectivity index (χ1) is 9.76. The van der Waals surface area contributed by atoms with Gasteiger partial charge in [0.1, 0.15) is 11.7 Å². The fraction of sp³-hybridized carbons (Fsp3) is 0.529. The lowest BCUT2D eigenvalue weighted by Crippen LogP contribution is -2.18. The minimum atomic E-state index is -0.701. The second kappa shape index (κ2) is 7.09. The summed E-state index contributed by atoms with van der Waals surface area (Å²) in [6.45, 7) is 0. The molecule has 0 radical (unpaired) electrons. The van der Waals surface area contributed by atoms with Crippen LogP contribution in [-0.4, -0.2) is 12.9 Å². The molecule has 2 rings (SSSR count). The molecule has 20 heavy (non-hydrogen) atoms. The third-order valence-electron chi connectivity index (χ3n) is 4.12. The average Bonchev–Trinajstić information content (AvgIpc) is 2.49. The zero-order chi connectivity index (χ0) is 14.4. The zero-order valence-corrected chi connectivity index (χ0v) is 12.0. The number of ether oxygens (including phenoxy) is 1. The van der Waals surface area contributed by atoms with Crippen molar-refractivity contribution in [3.63, 3.8) is 0 Å². The van der Waals surface area contributed by atoms with E-state index in [0.717, 1.165) is 12.8 Å². The van der Waals surface area contributed by atoms with Crippen LogP contribution in [0, 0.1) is 17.2 Å². The Labute approximate surface area is 120 Å². The Kier molecular flexibility index (Phi) is 5.17. The number of ketones is 1. The second-order valence-corrected chi connectivity index (χ2v) is 5.48. The molecule has 0 amide bonds. The van der Waals surface area contributed by atoms with E-state index in [1.165, 1.54) is 19.3 Å². The molecule has 1 atom stereocenters. The predicted molar refractivity (Wildman–Crippen MR) is 77.5 cm³/mol. The molecule has 0 heterocycles. The number of nitriles is 1. The molecule has 1 aliphatic carbocycles. The lowest BCUT2D eigenvalue weighted by atomic mass is 9.82. The molecular formula is C17H21NO2. The van der Waals surface area contributed by atoms with Gasteiger partial charge >= 0.3 is 0 Å². The fourth-order valence-electron chi connectivity index (χ4n) is 3.01. The summed E-state index contributed by atoms with van der Waals surface area (Å²) in [5, 5.41) is 9.37. The Morgan fingerprint density at radius 1 is 1.35 bits per heavy atom. The summed E-state index contributed by atoms with van der Waals surface area (Å²) in [6.07, 6.45) is 6.47. The maximum Gasteiger partial charge on any atom is 0.154 e. The van der Waals surface area contributed by atoms with E-state index in [4.69, 9.17) is 4.74 Å². The van der Waals surface area contributed by atoms with E-state index in [2.05, 4.69) is 6.07 Å². The monoisotopic (exact) mass is 271 g/mol. The number of hydrogen-bond donors (Lipinski definition) is 0. The molecule has 0 spiro atoms. The number of methoxy groups -OCH3 is 1. The summed E-state index contributed by atoms with van der Waals surface area (Å²) in [4.78, 5) is 12.4. The third kappa shape index (κ3) is 3.39. The molecule has 0 saturated heterocycles. The van der Waals surface area contributed by atoms with Crippen molar-refractivity contribution in [3.8, 4) is 11.8 Å². The highest BCUT2D eigenvalue weighted by Crippen LogP contribution is 2.32. The van der Waals surface area contributed by atoms with Crippen LogP contribution in [0.3, 0.4) is 0 Å². The Morgan fingerprint density at radius 2 is 2.05 bits per heavy atom. The van der Waals surface area contributed by atoms with E-state index >= 15 is 0 Å². The quantitative estimate of drug-likeness (QED) is 0.817. The van der Waals surface area contributed by atoms with Crippen LogP contribution in [0.4, 0.5) is 0 Å². The number of carbonyl (C=O) groups excluding carboxylic acids is 1. The first kappa shape index (κ1) is 14.6. The standard InChI is InChI=1S/C17H21NO2/c1-20-17-10-6-5-9-14(17)15(12-18)16(19)11-13-7-3-2-4-8-13/h5-6,9-10,13,15H,2-4,7-8,11H2,1H3. The van der Waals surface area contributed by atoms with E-state index in [1.54, 1.807) is 13.2 Å². The largest absolute Gasteiger partial charge is 0.496 e. The molecule has 0 aliphatic heterocycles. The van der Waals surface area contributed by atoms with Crippen LogP contribution in [0.15, 0.2) is 24.3 Å². The minimum Gasteiger partial charge on any atom is -0.496 e. The van der Waals surface area contributed by atoms with Gasteiger partial charge in [0.15, 0.2) is 5.78 Å². The summed E-state index contributed by atoms with van der Waals surface area (Å²) < 4.78 is 5.26. The van der Waals surface area contributed by atoms with Crippen molar-refractivity contribution in [2.24, 2.45) is 5.92 Å². The number of rotatable bonds is 5. The molecule has 0 bridgehead atoms. The molecule has 1 saturated carbocycles. The molecule has 1 unspecified atom stereocenters. The van der Waals surface area contributed by atoms with Gasteiger partial charge in [0.25, 0.3) is 0 Å². The van der Waals surface area contributed by atoms with E-state index in [1.807, 2.05) is 18.2 Å². The third-order valence-corrected chi connectivity index (χ3v) is 4.12. The van der Waals surface area contributed by atoms with Crippen molar-refractivity contribution in [3.05, 3.63) is 29.8 Å². The van der Waals surface area contributed by atoms with Crippen molar-refractivity contribution >= 4 is 5.78 Å². The molecule has 3 nitrogen and oxygen atoms in total. The molecule has 0 aromatic heterocycles. The lowest BCUT2D eigenvalue weighted by Gasteiger charge is -2.22. The van der Waals surface area contributed by atoms with Gasteiger partial charge in [-0.15, -0.1) is 0 Å². The summed E-state index contributed by atoms with van der Waals surface area (Å²) in [7, 11) is 1.57. The first-order valence-electron chi connectivity index (χ1n) is 7.31. The maximum absolute atomic E-state index is 12.4. The Bertz CT molecular complexity index is 498. The second-order valence-electron chi connectivity index (χ2n) is 5.48. The Balaban J connectivity index is 2.11. The van der Waals surface area contributed by atoms with Crippen LogP contribution >= 0.6 is 0 Å². The summed E-state index contributed by atoms with van der Waals surface area (Å²) in [5.74, 6) is 0.412. The average molecular weight is 271 g/mol. The van der Waals surface area contributed by atoms with E-state index in [0.29, 0.717) is 23.7 Å². The van der Waals surface area contributed by atoms with Crippen LogP contribution in [-0.2, 0) is 4.79 Å². The molecular weight excluding hydrogens is 250 g/mol. The predicted octanol–water partition coefficient (Wildman–Crippen LogP) is 3.84. The zero-order valence-electron chi connectivity index (χ0n) is 12.0. The summed E-state index contributed by atoms with van der Waals surface area (Å²) >= 11 is 0. The number of benzene rings is 1.